The Balaban J connectivity index is 2.68. The Bertz CT molecular complexity index is 955. The van der Waals surface area contributed by atoms with Crippen molar-refractivity contribution in [3.63, 3.8) is 0 Å². The first-order valence-electron chi connectivity index (χ1n) is 8.33. The predicted octanol–water partition coefficient (Wildman–Crippen LogP) is -0.00340. The van der Waals surface area contributed by atoms with Crippen molar-refractivity contribution >= 4 is 24.3 Å². The van der Waals surface area contributed by atoms with Gasteiger partial charge in [0.1, 0.15) is 0 Å². The molecule has 0 spiro atoms. The molecule has 0 radical (unpaired) electrons. The molecule has 0 atom stereocenters. The maximum absolute atomic E-state index is 10.6. The fourth-order valence-corrected chi connectivity index (χ4v) is 2.45. The third-order valence-electron chi connectivity index (χ3n) is 3.68. The number of phenolic OH excluding ortho intramolecular Hbond substituents is 2. The van der Waals surface area contributed by atoms with Crippen LogP contribution in [0.5, 0.6) is 23.0 Å². The number of nitrogens with two attached hydrogens (primary N) is 4. The van der Waals surface area contributed by atoms with Gasteiger partial charge in [0.2, 0.25) is 11.9 Å². The van der Waals surface area contributed by atoms with Crippen molar-refractivity contribution in [2.45, 2.75) is 0 Å². The van der Waals surface area contributed by atoms with E-state index >= 15 is 0 Å². The summed E-state index contributed by atoms with van der Waals surface area (Å²) in [4.78, 5) is 0. The summed E-state index contributed by atoms with van der Waals surface area (Å²) in [5.74, 6) is -0.591. The van der Waals surface area contributed by atoms with Crippen molar-refractivity contribution in [3.05, 3.63) is 35.4 Å². The Kier molecular flexibility index (Phi) is 7.01. The van der Waals surface area contributed by atoms with E-state index in [0.717, 1.165) is 0 Å². The molecule has 0 heterocycles. The third kappa shape index (κ3) is 5.28. The quantitative estimate of drug-likeness (QED) is 0.205. The number of ether oxygens (including phenoxy) is 2. The summed E-state index contributed by atoms with van der Waals surface area (Å²) >= 11 is 0. The molecule has 2 rings (SSSR count). The molecule has 0 amide bonds. The Morgan fingerprint density at radius 3 is 1.40 bits per heavy atom. The van der Waals surface area contributed by atoms with E-state index in [4.69, 9.17) is 32.4 Å². The van der Waals surface area contributed by atoms with Crippen LogP contribution in [-0.4, -0.2) is 48.8 Å². The fraction of sp³-hybridized carbons (Fsp3) is 0.111. The Hall–Kier alpha value is -4.48. The summed E-state index contributed by atoms with van der Waals surface area (Å²) in [6, 6.07) is 6.13. The van der Waals surface area contributed by atoms with E-state index in [1.165, 1.54) is 38.8 Å². The fourth-order valence-electron chi connectivity index (χ4n) is 2.45. The minimum Gasteiger partial charge on any atom is -0.504 e. The van der Waals surface area contributed by atoms with Crippen LogP contribution in [0.25, 0.3) is 11.1 Å². The highest BCUT2D eigenvalue weighted by Crippen LogP contribution is 2.45. The van der Waals surface area contributed by atoms with Gasteiger partial charge in [-0.25, -0.2) is 0 Å². The van der Waals surface area contributed by atoms with Crippen molar-refractivity contribution in [1.82, 2.24) is 0 Å². The molecule has 0 aliphatic rings. The van der Waals surface area contributed by atoms with Crippen LogP contribution < -0.4 is 32.4 Å². The van der Waals surface area contributed by atoms with E-state index in [-0.39, 0.29) is 46.0 Å². The summed E-state index contributed by atoms with van der Waals surface area (Å²) < 4.78 is 10.4. The highest BCUT2D eigenvalue weighted by molar-refractivity contribution is 5.92. The van der Waals surface area contributed by atoms with Crippen molar-refractivity contribution in [2.75, 3.05) is 14.2 Å². The number of guanidine groups is 2. The van der Waals surface area contributed by atoms with Crippen LogP contribution in [0.1, 0.15) is 11.1 Å². The second kappa shape index (κ2) is 9.64. The Labute approximate surface area is 171 Å². The van der Waals surface area contributed by atoms with E-state index in [2.05, 4.69) is 20.4 Å². The van der Waals surface area contributed by atoms with Crippen LogP contribution in [0.3, 0.4) is 0 Å². The summed E-state index contributed by atoms with van der Waals surface area (Å²) in [6.07, 6.45) is 2.70. The molecule has 158 valence electrons. The number of nitrogens with zero attached hydrogens (tertiary/aromatic N) is 4. The van der Waals surface area contributed by atoms with Crippen molar-refractivity contribution in [3.8, 4) is 34.1 Å². The maximum Gasteiger partial charge on any atom is 0.211 e. The molecule has 0 aromatic heterocycles. The Morgan fingerprint density at radius 1 is 0.733 bits per heavy atom. The molecular formula is C18H22N8O4. The van der Waals surface area contributed by atoms with Gasteiger partial charge in [0, 0.05) is 11.1 Å². The first kappa shape index (κ1) is 21.8. The van der Waals surface area contributed by atoms with E-state index < -0.39 is 0 Å². The predicted molar refractivity (Wildman–Crippen MR) is 115 cm³/mol. The monoisotopic (exact) mass is 414 g/mol. The lowest BCUT2D eigenvalue weighted by atomic mass is 9.98. The topological polar surface area (TPSA) is 212 Å². The summed E-state index contributed by atoms with van der Waals surface area (Å²) in [6.45, 7) is 0. The molecule has 12 nitrogen and oxygen atoms in total. The van der Waals surface area contributed by atoms with Gasteiger partial charge >= 0.3 is 0 Å². The van der Waals surface area contributed by atoms with Crippen molar-refractivity contribution < 1.29 is 19.7 Å². The van der Waals surface area contributed by atoms with E-state index in [0.29, 0.717) is 11.1 Å². The number of hydrogen-bond acceptors (Lipinski definition) is 8. The van der Waals surface area contributed by atoms with Gasteiger partial charge in [-0.05, 0) is 35.4 Å². The minimum absolute atomic E-state index is 0.136. The molecule has 2 aromatic rings. The average Bonchev–Trinajstić information content (AvgIpc) is 2.69. The Morgan fingerprint density at radius 2 is 1.10 bits per heavy atom. The molecule has 0 saturated heterocycles. The maximum atomic E-state index is 10.6. The number of rotatable bonds is 7. The molecule has 0 unspecified atom stereocenters. The first-order valence-corrected chi connectivity index (χ1v) is 8.33. The molecule has 0 fully saturated rings. The zero-order valence-corrected chi connectivity index (χ0v) is 16.3. The molecule has 0 bridgehead atoms. The van der Waals surface area contributed by atoms with E-state index in [9.17, 15) is 10.2 Å². The first-order chi connectivity index (χ1) is 14.3. The zero-order valence-electron chi connectivity index (χ0n) is 16.3. The van der Waals surface area contributed by atoms with Gasteiger partial charge in [-0.15, -0.1) is 10.2 Å². The molecule has 0 aliphatic heterocycles. The summed E-state index contributed by atoms with van der Waals surface area (Å²) in [5.41, 5.74) is 22.4. The van der Waals surface area contributed by atoms with Crippen LogP contribution in [0, 0.1) is 0 Å². The molecule has 2 aromatic carbocycles. The van der Waals surface area contributed by atoms with Crippen molar-refractivity contribution in [1.29, 1.82) is 0 Å². The molecular weight excluding hydrogens is 392 g/mol. The molecule has 0 saturated carbocycles. The van der Waals surface area contributed by atoms with E-state index in [1.54, 1.807) is 12.1 Å². The minimum atomic E-state index is -0.216. The molecule has 12 heteroatoms. The smallest absolute Gasteiger partial charge is 0.211 e. The van der Waals surface area contributed by atoms with Gasteiger partial charge < -0.3 is 42.6 Å². The standard InChI is InChI=1S/C18H22N8O4/c1-29-13-5-9(7-23-25-17(19)20)3-11(15(13)27)12-4-10(8-24-26-18(21)22)6-14(30-2)16(12)28/h3-8,27-28H,1-2H3,(H4,19,20,25)(H4,21,22,26)/b23-7+,24-8+. The van der Waals surface area contributed by atoms with Crippen LogP contribution >= 0.6 is 0 Å². The van der Waals surface area contributed by atoms with Crippen LogP contribution in [0.15, 0.2) is 44.7 Å². The number of aromatic hydroxyl groups is 2. The molecule has 10 N–H and O–H groups in total. The molecule has 0 aliphatic carbocycles. The van der Waals surface area contributed by atoms with Gasteiger partial charge in [-0.2, -0.15) is 10.2 Å². The number of phenols is 2. The van der Waals surface area contributed by atoms with Crippen LogP contribution in [-0.2, 0) is 0 Å². The number of methoxy groups -OCH3 is 2. The normalized spacial score (nSPS) is 10.9. The van der Waals surface area contributed by atoms with Gasteiger partial charge in [-0.3, -0.25) is 0 Å². The number of hydrogen-bond donors (Lipinski definition) is 6. The highest BCUT2D eigenvalue weighted by atomic mass is 16.5. The average molecular weight is 414 g/mol. The number of benzene rings is 2. The largest absolute Gasteiger partial charge is 0.504 e. The SMILES string of the molecule is COc1cc(/C=N/N=C(N)N)cc(-c2cc(/C=N/N=C(N)N)cc(OC)c2O)c1O. The second-order valence-electron chi connectivity index (χ2n) is 5.78. The van der Waals surface area contributed by atoms with Crippen LogP contribution in [0.4, 0.5) is 0 Å². The molecule has 30 heavy (non-hydrogen) atoms. The summed E-state index contributed by atoms with van der Waals surface area (Å²) in [5, 5.41) is 35.8. The lowest BCUT2D eigenvalue weighted by Gasteiger charge is -2.14. The van der Waals surface area contributed by atoms with Crippen molar-refractivity contribution in [2.24, 2.45) is 43.3 Å². The lowest BCUT2D eigenvalue weighted by Crippen LogP contribution is -2.21. The third-order valence-corrected chi connectivity index (χ3v) is 3.68. The van der Waals surface area contributed by atoms with Gasteiger partial charge in [0.05, 0.1) is 26.6 Å². The zero-order chi connectivity index (χ0) is 22.3. The van der Waals surface area contributed by atoms with Crippen LogP contribution in [0.2, 0.25) is 0 Å². The summed E-state index contributed by atoms with van der Waals surface area (Å²) in [7, 11) is 2.77. The van der Waals surface area contributed by atoms with Gasteiger partial charge in [-0.1, -0.05) is 0 Å². The second-order valence-corrected chi connectivity index (χ2v) is 5.78. The van der Waals surface area contributed by atoms with E-state index in [1.807, 2.05) is 0 Å². The van der Waals surface area contributed by atoms with Gasteiger partial charge in [0.15, 0.2) is 23.0 Å². The highest BCUT2D eigenvalue weighted by Gasteiger charge is 2.18. The van der Waals surface area contributed by atoms with Gasteiger partial charge in [0.25, 0.3) is 0 Å². The lowest BCUT2D eigenvalue weighted by molar-refractivity contribution is 0.371.